The van der Waals surface area contributed by atoms with Crippen molar-refractivity contribution in [3.05, 3.63) is 69.9 Å². The molecule has 1 fully saturated rings. The van der Waals surface area contributed by atoms with Crippen LogP contribution < -0.4 is 9.62 Å². The maximum Gasteiger partial charge on any atom is 0.201 e. The first-order valence-corrected chi connectivity index (χ1v) is 12.2. The number of ketones is 1. The maximum absolute atomic E-state index is 14.7. The number of carbonyl (C=O) groups excluding carboxylic acids is 1. The Bertz CT molecular complexity index is 1310. The molecular formula is C23H22ClF2N3O4S. The highest BCUT2D eigenvalue weighted by atomic mass is 35.5. The minimum Gasteiger partial charge on any atom is -0.378 e. The van der Waals surface area contributed by atoms with Gasteiger partial charge < -0.3 is 9.64 Å². The van der Waals surface area contributed by atoms with Gasteiger partial charge in [0.1, 0.15) is 0 Å². The van der Waals surface area contributed by atoms with Gasteiger partial charge in [0.2, 0.25) is 10.9 Å². The summed E-state index contributed by atoms with van der Waals surface area (Å²) < 4.78 is 57.8. The second kappa shape index (κ2) is 10.7. The molecule has 1 aliphatic heterocycles. The van der Waals surface area contributed by atoms with E-state index in [-0.39, 0.29) is 29.1 Å². The Morgan fingerprint density at radius 3 is 2.68 bits per heavy atom. The van der Waals surface area contributed by atoms with Crippen LogP contribution in [0.5, 0.6) is 0 Å². The second-order valence-electron chi connectivity index (χ2n) is 7.82. The van der Waals surface area contributed by atoms with Gasteiger partial charge in [0.15, 0.2) is 17.4 Å². The molecule has 0 aliphatic carbocycles. The van der Waals surface area contributed by atoms with Gasteiger partial charge in [0.25, 0.3) is 0 Å². The Kier molecular flexibility index (Phi) is 7.72. The summed E-state index contributed by atoms with van der Waals surface area (Å²) in [6, 6.07) is 7.57. The van der Waals surface area contributed by atoms with Crippen molar-refractivity contribution in [2.24, 2.45) is 0 Å². The van der Waals surface area contributed by atoms with Crippen molar-refractivity contribution in [3.8, 4) is 0 Å². The van der Waals surface area contributed by atoms with E-state index in [1.807, 2.05) is 6.07 Å². The summed E-state index contributed by atoms with van der Waals surface area (Å²) in [5.41, 5.74) is 1.37. The van der Waals surface area contributed by atoms with Crippen LogP contribution in [0.3, 0.4) is 0 Å². The van der Waals surface area contributed by atoms with Crippen LogP contribution in [0.1, 0.15) is 27.9 Å². The molecule has 11 heteroatoms. The van der Waals surface area contributed by atoms with Crippen molar-refractivity contribution in [3.63, 3.8) is 0 Å². The van der Waals surface area contributed by atoms with E-state index in [0.29, 0.717) is 30.5 Å². The van der Waals surface area contributed by atoms with Crippen LogP contribution in [0.15, 0.2) is 36.5 Å². The predicted molar refractivity (Wildman–Crippen MR) is 126 cm³/mol. The SMILES string of the molecule is O=C(c1ccc2ncc(N3CCOCC3)cc2c1)c1c(F)c(F)cc(CCCN[SH](=O)=O)c1Cl. The smallest absolute Gasteiger partial charge is 0.201 e. The molecule has 34 heavy (non-hydrogen) atoms. The van der Waals surface area contributed by atoms with Gasteiger partial charge in [-0.05, 0) is 48.7 Å². The van der Waals surface area contributed by atoms with E-state index in [4.69, 9.17) is 16.3 Å². The number of carbonyl (C=O) groups is 1. The zero-order chi connectivity index (χ0) is 24.2. The van der Waals surface area contributed by atoms with Gasteiger partial charge in [0.05, 0.1) is 41.2 Å². The Morgan fingerprint density at radius 1 is 1.18 bits per heavy atom. The summed E-state index contributed by atoms with van der Waals surface area (Å²) in [4.78, 5) is 19.8. The van der Waals surface area contributed by atoms with Crippen LogP contribution in [0.4, 0.5) is 14.5 Å². The molecule has 0 atom stereocenters. The number of thiol groups is 1. The minimum absolute atomic E-state index is 0.112. The number of anilines is 1. The van der Waals surface area contributed by atoms with Gasteiger partial charge in [-0.15, -0.1) is 0 Å². The van der Waals surface area contributed by atoms with E-state index >= 15 is 0 Å². The number of halogens is 3. The molecule has 0 radical (unpaired) electrons. The van der Waals surface area contributed by atoms with Gasteiger partial charge in [0, 0.05) is 30.6 Å². The monoisotopic (exact) mass is 509 g/mol. The standard InChI is InChI=1S/C23H22ClF2N3O4S/c24-21-14(2-1-5-28-34(31)32)12-18(25)22(26)20(21)23(30)15-3-4-19-16(10-15)11-17(13-27-19)29-6-8-33-9-7-29/h3-4,10-13,34H,1-2,5-9H2,(H,28,31,32). The van der Waals surface area contributed by atoms with E-state index in [0.717, 1.165) is 24.8 Å². The largest absolute Gasteiger partial charge is 0.378 e. The molecule has 1 aromatic heterocycles. The molecule has 1 N–H and O–H groups in total. The second-order valence-corrected chi connectivity index (χ2v) is 9.03. The van der Waals surface area contributed by atoms with E-state index in [1.54, 1.807) is 18.3 Å². The Balaban J connectivity index is 1.65. The zero-order valence-corrected chi connectivity index (χ0v) is 19.7. The highest BCUT2D eigenvalue weighted by Gasteiger charge is 2.24. The van der Waals surface area contributed by atoms with Crippen LogP contribution in [0.25, 0.3) is 10.9 Å². The van der Waals surface area contributed by atoms with Crippen LogP contribution in [-0.4, -0.2) is 52.0 Å². The van der Waals surface area contributed by atoms with Crippen molar-refractivity contribution in [2.45, 2.75) is 12.8 Å². The Morgan fingerprint density at radius 2 is 1.94 bits per heavy atom. The van der Waals surface area contributed by atoms with Crippen molar-refractivity contribution in [1.29, 1.82) is 0 Å². The molecule has 0 bridgehead atoms. The van der Waals surface area contributed by atoms with Crippen LogP contribution in [-0.2, 0) is 22.0 Å². The third kappa shape index (κ3) is 5.35. The molecule has 1 saturated heterocycles. The third-order valence-corrected chi connectivity index (χ3v) is 6.54. The molecular weight excluding hydrogens is 488 g/mol. The number of hydrogen-bond donors (Lipinski definition) is 2. The minimum atomic E-state index is -2.75. The molecule has 1 aliphatic rings. The number of aromatic nitrogens is 1. The van der Waals surface area contributed by atoms with Gasteiger partial charge in [-0.3, -0.25) is 9.78 Å². The molecule has 180 valence electrons. The normalized spacial score (nSPS) is 14.2. The number of nitrogens with one attached hydrogen (secondary N) is 1. The summed E-state index contributed by atoms with van der Waals surface area (Å²) in [6.07, 6.45) is 2.22. The summed E-state index contributed by atoms with van der Waals surface area (Å²) in [5.74, 6) is -3.26. The van der Waals surface area contributed by atoms with Crippen molar-refractivity contribution in [2.75, 3.05) is 37.7 Å². The predicted octanol–water partition coefficient (Wildman–Crippen LogP) is 3.28. The Labute approximate surface area is 201 Å². The number of hydrogen-bond acceptors (Lipinski definition) is 6. The summed E-state index contributed by atoms with van der Waals surface area (Å²) in [5, 5.41) is 0.497. The van der Waals surface area contributed by atoms with E-state index in [1.165, 1.54) is 6.07 Å². The first-order chi connectivity index (χ1) is 16.3. The van der Waals surface area contributed by atoms with Crippen molar-refractivity contribution in [1.82, 2.24) is 9.71 Å². The van der Waals surface area contributed by atoms with Crippen LogP contribution in [0.2, 0.25) is 5.02 Å². The number of benzene rings is 2. The molecule has 2 aromatic carbocycles. The zero-order valence-electron chi connectivity index (χ0n) is 18.0. The first kappa shape index (κ1) is 24.5. The number of ether oxygens (including phenoxy) is 1. The van der Waals surface area contributed by atoms with Gasteiger partial charge in [-0.25, -0.2) is 21.9 Å². The Hall–Kier alpha value is -2.66. The lowest BCUT2D eigenvalue weighted by Crippen LogP contribution is -2.36. The molecule has 0 spiro atoms. The van der Waals surface area contributed by atoms with Crippen molar-refractivity contribution >= 4 is 44.9 Å². The summed E-state index contributed by atoms with van der Waals surface area (Å²) in [6.45, 7) is 2.78. The van der Waals surface area contributed by atoms with Gasteiger partial charge in [-0.2, -0.15) is 0 Å². The quantitative estimate of drug-likeness (QED) is 0.210. The number of pyridine rings is 1. The average Bonchev–Trinajstić information content (AvgIpc) is 2.84. The van der Waals surface area contributed by atoms with Crippen LogP contribution in [0, 0.1) is 11.6 Å². The topological polar surface area (TPSA) is 88.6 Å². The van der Waals surface area contributed by atoms with E-state index < -0.39 is 33.9 Å². The van der Waals surface area contributed by atoms with Gasteiger partial charge in [-0.1, -0.05) is 11.6 Å². The average molecular weight is 510 g/mol. The summed E-state index contributed by atoms with van der Waals surface area (Å²) >= 11 is 6.32. The van der Waals surface area contributed by atoms with Crippen LogP contribution >= 0.6 is 11.6 Å². The number of rotatable bonds is 8. The molecule has 3 aromatic rings. The molecule has 7 nitrogen and oxygen atoms in total. The molecule has 4 rings (SSSR count). The fourth-order valence-electron chi connectivity index (χ4n) is 3.89. The lowest BCUT2D eigenvalue weighted by Gasteiger charge is -2.28. The van der Waals surface area contributed by atoms with Gasteiger partial charge >= 0.3 is 0 Å². The number of nitrogens with zero attached hydrogens (tertiary/aromatic N) is 2. The lowest BCUT2D eigenvalue weighted by molar-refractivity contribution is 0.103. The highest BCUT2D eigenvalue weighted by Crippen LogP contribution is 2.30. The van der Waals surface area contributed by atoms with E-state index in [9.17, 15) is 22.0 Å². The number of fused-ring (bicyclic) bond motifs is 1. The third-order valence-electron chi connectivity index (χ3n) is 5.63. The summed E-state index contributed by atoms with van der Waals surface area (Å²) in [7, 11) is -2.75. The number of morpholine rings is 1. The molecule has 0 unspecified atom stereocenters. The molecule has 0 saturated carbocycles. The van der Waals surface area contributed by atoms with E-state index in [2.05, 4.69) is 14.6 Å². The molecule has 0 amide bonds. The van der Waals surface area contributed by atoms with Crippen molar-refractivity contribution < 1.29 is 26.7 Å². The fraction of sp³-hybridized carbons (Fsp3) is 0.304. The molecule has 2 heterocycles. The highest BCUT2D eigenvalue weighted by molar-refractivity contribution is 7.70. The fourth-order valence-corrected chi connectivity index (χ4v) is 4.55. The maximum atomic E-state index is 14.7. The first-order valence-electron chi connectivity index (χ1n) is 10.7. The lowest BCUT2D eigenvalue weighted by atomic mass is 9.97. The number of aryl methyl sites for hydroxylation is 1.